The molecule has 1 amide bonds. The smallest absolute Gasteiger partial charge is 0.220 e. The molecule has 2 nitrogen and oxygen atoms in total. The summed E-state index contributed by atoms with van der Waals surface area (Å²) in [5.41, 5.74) is 0. The molecule has 1 unspecified atom stereocenters. The molecular weight excluding hydrogens is 242 g/mol. The standard InChI is InChI=1S/C11H20BrNO/c1-8(2)3-6-11(14)13-7-10(12)9-4-5-9/h8-10H,3-7H2,1-2H3,(H,13,14). The van der Waals surface area contributed by atoms with Crippen LogP contribution in [0.25, 0.3) is 0 Å². The summed E-state index contributed by atoms with van der Waals surface area (Å²) in [5, 5.41) is 2.97. The van der Waals surface area contributed by atoms with E-state index in [-0.39, 0.29) is 5.91 Å². The number of hydrogen-bond donors (Lipinski definition) is 1. The fourth-order valence-electron chi connectivity index (χ4n) is 1.34. The minimum absolute atomic E-state index is 0.198. The van der Waals surface area contributed by atoms with Gasteiger partial charge in [0.05, 0.1) is 0 Å². The third-order valence-electron chi connectivity index (χ3n) is 2.58. The number of nitrogens with one attached hydrogen (secondary N) is 1. The van der Waals surface area contributed by atoms with E-state index in [0.29, 0.717) is 17.2 Å². The van der Waals surface area contributed by atoms with E-state index in [9.17, 15) is 4.79 Å². The Kier molecular flexibility index (Phi) is 4.93. The van der Waals surface area contributed by atoms with E-state index < -0.39 is 0 Å². The molecule has 1 saturated carbocycles. The van der Waals surface area contributed by atoms with Crippen molar-refractivity contribution < 1.29 is 4.79 Å². The highest BCUT2D eigenvalue weighted by atomic mass is 79.9. The van der Waals surface area contributed by atoms with Crippen LogP contribution in [0.4, 0.5) is 0 Å². The van der Waals surface area contributed by atoms with Gasteiger partial charge < -0.3 is 5.32 Å². The van der Waals surface area contributed by atoms with Gasteiger partial charge in [-0.05, 0) is 31.1 Å². The molecular formula is C11H20BrNO. The molecule has 0 spiro atoms. The van der Waals surface area contributed by atoms with E-state index >= 15 is 0 Å². The molecule has 0 aliphatic heterocycles. The summed E-state index contributed by atoms with van der Waals surface area (Å²) in [6, 6.07) is 0. The van der Waals surface area contributed by atoms with E-state index in [1.54, 1.807) is 0 Å². The quantitative estimate of drug-likeness (QED) is 0.733. The molecule has 1 aliphatic rings. The van der Waals surface area contributed by atoms with Crippen LogP contribution < -0.4 is 5.32 Å². The van der Waals surface area contributed by atoms with Crippen molar-refractivity contribution in [2.45, 2.75) is 44.4 Å². The monoisotopic (exact) mass is 261 g/mol. The first kappa shape index (κ1) is 12.0. The third-order valence-corrected chi connectivity index (χ3v) is 3.65. The molecule has 1 atom stereocenters. The lowest BCUT2D eigenvalue weighted by Crippen LogP contribution is -2.30. The summed E-state index contributed by atoms with van der Waals surface area (Å²) in [6.45, 7) is 5.08. The van der Waals surface area contributed by atoms with Crippen molar-refractivity contribution in [3.63, 3.8) is 0 Å². The zero-order valence-corrected chi connectivity index (χ0v) is 10.6. The number of amides is 1. The molecule has 0 aromatic rings. The first-order valence-electron chi connectivity index (χ1n) is 5.50. The van der Waals surface area contributed by atoms with Crippen LogP contribution in [0.5, 0.6) is 0 Å². The van der Waals surface area contributed by atoms with Gasteiger partial charge in [-0.25, -0.2) is 0 Å². The highest BCUT2D eigenvalue weighted by Gasteiger charge is 2.29. The summed E-state index contributed by atoms with van der Waals surface area (Å²) in [4.78, 5) is 11.9. The Bertz CT molecular complexity index is 190. The highest BCUT2D eigenvalue weighted by Crippen LogP contribution is 2.36. The number of hydrogen-bond acceptors (Lipinski definition) is 1. The van der Waals surface area contributed by atoms with Crippen molar-refractivity contribution in [1.82, 2.24) is 5.32 Å². The maximum Gasteiger partial charge on any atom is 0.220 e. The minimum Gasteiger partial charge on any atom is -0.355 e. The Balaban J connectivity index is 2.02. The van der Waals surface area contributed by atoms with E-state index in [4.69, 9.17) is 0 Å². The summed E-state index contributed by atoms with van der Waals surface area (Å²) in [5.74, 6) is 1.62. The molecule has 0 aromatic carbocycles. The van der Waals surface area contributed by atoms with Crippen molar-refractivity contribution in [2.75, 3.05) is 6.54 Å². The Hall–Kier alpha value is -0.0500. The second-order valence-electron chi connectivity index (χ2n) is 4.59. The molecule has 0 radical (unpaired) electrons. The number of carbonyl (C=O) groups excluding carboxylic acids is 1. The van der Waals surface area contributed by atoms with Crippen LogP contribution in [0.3, 0.4) is 0 Å². The lowest BCUT2D eigenvalue weighted by atomic mass is 10.1. The molecule has 1 N–H and O–H groups in total. The molecule has 3 heteroatoms. The molecule has 1 fully saturated rings. The van der Waals surface area contributed by atoms with Gasteiger partial charge in [0.2, 0.25) is 5.91 Å². The Labute approximate surface area is 95.0 Å². The minimum atomic E-state index is 0.198. The van der Waals surface area contributed by atoms with Gasteiger partial charge in [-0.1, -0.05) is 29.8 Å². The van der Waals surface area contributed by atoms with Crippen molar-refractivity contribution in [2.24, 2.45) is 11.8 Å². The maximum atomic E-state index is 11.4. The van der Waals surface area contributed by atoms with Crippen LogP contribution >= 0.6 is 15.9 Å². The van der Waals surface area contributed by atoms with E-state index in [1.165, 1.54) is 12.8 Å². The first-order valence-corrected chi connectivity index (χ1v) is 6.42. The van der Waals surface area contributed by atoms with Gasteiger partial charge in [0, 0.05) is 17.8 Å². The zero-order valence-electron chi connectivity index (χ0n) is 9.05. The highest BCUT2D eigenvalue weighted by molar-refractivity contribution is 9.09. The van der Waals surface area contributed by atoms with Crippen LogP contribution in [-0.4, -0.2) is 17.3 Å². The fraction of sp³-hybridized carbons (Fsp3) is 0.909. The van der Waals surface area contributed by atoms with Gasteiger partial charge in [-0.3, -0.25) is 4.79 Å². The molecule has 0 saturated heterocycles. The van der Waals surface area contributed by atoms with Gasteiger partial charge in [-0.2, -0.15) is 0 Å². The topological polar surface area (TPSA) is 29.1 Å². The maximum absolute atomic E-state index is 11.4. The summed E-state index contributed by atoms with van der Waals surface area (Å²) in [7, 11) is 0. The van der Waals surface area contributed by atoms with Gasteiger partial charge in [0.1, 0.15) is 0 Å². The first-order chi connectivity index (χ1) is 6.59. The SMILES string of the molecule is CC(C)CCC(=O)NCC(Br)C1CC1. The van der Waals surface area contributed by atoms with Crippen LogP contribution in [0, 0.1) is 11.8 Å². The average Bonchev–Trinajstić information content (AvgIpc) is 2.93. The molecule has 1 rings (SSSR count). The van der Waals surface area contributed by atoms with Gasteiger partial charge in [-0.15, -0.1) is 0 Å². The molecule has 0 heterocycles. The summed E-state index contributed by atoms with van der Waals surface area (Å²) < 4.78 is 0. The second-order valence-corrected chi connectivity index (χ2v) is 5.77. The Morgan fingerprint density at radius 3 is 2.64 bits per heavy atom. The molecule has 14 heavy (non-hydrogen) atoms. The summed E-state index contributed by atoms with van der Waals surface area (Å²) in [6.07, 6.45) is 4.29. The van der Waals surface area contributed by atoms with Crippen LogP contribution in [-0.2, 0) is 4.79 Å². The predicted molar refractivity (Wildman–Crippen MR) is 62.5 cm³/mol. The zero-order chi connectivity index (χ0) is 10.6. The molecule has 82 valence electrons. The number of rotatable bonds is 6. The molecule has 0 bridgehead atoms. The lowest BCUT2D eigenvalue weighted by Gasteiger charge is -2.10. The average molecular weight is 262 g/mol. The largest absolute Gasteiger partial charge is 0.355 e. The van der Waals surface area contributed by atoms with Crippen molar-refractivity contribution in [3.8, 4) is 0 Å². The van der Waals surface area contributed by atoms with Gasteiger partial charge in [0.25, 0.3) is 0 Å². The van der Waals surface area contributed by atoms with Crippen LogP contribution in [0.15, 0.2) is 0 Å². The van der Waals surface area contributed by atoms with Gasteiger partial charge in [0.15, 0.2) is 0 Å². The lowest BCUT2D eigenvalue weighted by molar-refractivity contribution is -0.121. The third kappa shape index (κ3) is 4.99. The summed E-state index contributed by atoms with van der Waals surface area (Å²) >= 11 is 3.60. The van der Waals surface area contributed by atoms with E-state index in [2.05, 4.69) is 35.1 Å². The van der Waals surface area contributed by atoms with Crippen LogP contribution in [0.2, 0.25) is 0 Å². The van der Waals surface area contributed by atoms with Gasteiger partial charge >= 0.3 is 0 Å². The Morgan fingerprint density at radius 1 is 1.50 bits per heavy atom. The Morgan fingerprint density at radius 2 is 2.14 bits per heavy atom. The van der Waals surface area contributed by atoms with Crippen molar-refractivity contribution in [3.05, 3.63) is 0 Å². The number of alkyl halides is 1. The van der Waals surface area contributed by atoms with Crippen molar-refractivity contribution >= 4 is 21.8 Å². The fourth-order valence-corrected chi connectivity index (χ4v) is 2.03. The van der Waals surface area contributed by atoms with E-state index in [0.717, 1.165) is 18.9 Å². The van der Waals surface area contributed by atoms with Crippen LogP contribution in [0.1, 0.15) is 39.5 Å². The van der Waals surface area contributed by atoms with E-state index in [1.807, 2.05) is 0 Å². The number of carbonyl (C=O) groups is 1. The van der Waals surface area contributed by atoms with Crippen molar-refractivity contribution in [1.29, 1.82) is 0 Å². The molecule has 0 aromatic heterocycles. The number of halogens is 1. The molecule has 1 aliphatic carbocycles. The second kappa shape index (κ2) is 5.74. The normalized spacial score (nSPS) is 18.3. The predicted octanol–water partition coefficient (Wildman–Crippen LogP) is 2.71.